The molecular formula is C17H13BrN2O3S. The Hall–Kier alpha value is -2.25. The number of carboxylic acids is 1. The van der Waals surface area contributed by atoms with Gasteiger partial charge in [-0.1, -0.05) is 18.2 Å². The zero-order chi connectivity index (χ0) is 17.1. The largest absolute Gasteiger partial charge is 0.478 e. The van der Waals surface area contributed by atoms with Crippen LogP contribution in [0.15, 0.2) is 46.9 Å². The van der Waals surface area contributed by atoms with E-state index >= 15 is 0 Å². The molecule has 0 spiro atoms. The molecule has 2 N–H and O–H groups in total. The molecule has 122 valence electrons. The normalized spacial score (nSPS) is 10.7. The molecular weight excluding hydrogens is 392 g/mol. The minimum absolute atomic E-state index is 0.147. The van der Waals surface area contributed by atoms with Gasteiger partial charge in [-0.25, -0.2) is 9.78 Å². The Morgan fingerprint density at radius 3 is 2.75 bits per heavy atom. The number of carboxylic acid groups (broad SMARTS) is 1. The second kappa shape index (κ2) is 7.11. The van der Waals surface area contributed by atoms with Gasteiger partial charge in [-0.05, 0) is 45.8 Å². The van der Waals surface area contributed by atoms with E-state index in [-0.39, 0.29) is 24.4 Å². The second-order valence-electron chi connectivity index (χ2n) is 5.15. The maximum absolute atomic E-state index is 12.1. The van der Waals surface area contributed by atoms with Gasteiger partial charge in [0.05, 0.1) is 22.2 Å². The molecule has 1 heterocycles. The third kappa shape index (κ3) is 3.80. The average Bonchev–Trinajstić information content (AvgIpc) is 2.97. The van der Waals surface area contributed by atoms with E-state index < -0.39 is 5.97 Å². The van der Waals surface area contributed by atoms with Crippen LogP contribution in [-0.4, -0.2) is 22.0 Å². The lowest BCUT2D eigenvalue weighted by molar-refractivity contribution is -0.120. The van der Waals surface area contributed by atoms with Crippen LogP contribution in [0.3, 0.4) is 0 Å². The zero-order valence-corrected chi connectivity index (χ0v) is 14.9. The van der Waals surface area contributed by atoms with Crippen LogP contribution in [0.1, 0.15) is 20.9 Å². The molecule has 1 aromatic heterocycles. The van der Waals surface area contributed by atoms with Crippen LogP contribution < -0.4 is 5.32 Å². The summed E-state index contributed by atoms with van der Waals surface area (Å²) in [7, 11) is 0. The summed E-state index contributed by atoms with van der Waals surface area (Å²) in [6.07, 6.45) is 0.199. The van der Waals surface area contributed by atoms with Crippen molar-refractivity contribution >= 4 is 49.4 Å². The predicted octanol–water partition coefficient (Wildman–Crippen LogP) is 3.62. The zero-order valence-electron chi connectivity index (χ0n) is 12.5. The van der Waals surface area contributed by atoms with Gasteiger partial charge in [-0.2, -0.15) is 0 Å². The van der Waals surface area contributed by atoms with Crippen LogP contribution in [0.2, 0.25) is 0 Å². The molecule has 0 aliphatic rings. The number of halogens is 1. The standard InChI is InChI=1S/C17H13BrN2O3S/c18-12-5-2-6-13-16(12)20-15(24-13)8-14(21)19-9-10-3-1-4-11(7-10)17(22)23/h1-7H,8-9H2,(H,19,21)(H,22,23). The number of aromatic nitrogens is 1. The van der Waals surface area contributed by atoms with Crippen molar-refractivity contribution in [1.29, 1.82) is 0 Å². The molecule has 5 nitrogen and oxygen atoms in total. The molecule has 0 saturated carbocycles. The number of amides is 1. The molecule has 0 unspecified atom stereocenters. The molecule has 2 aromatic carbocycles. The van der Waals surface area contributed by atoms with Crippen molar-refractivity contribution < 1.29 is 14.7 Å². The Kier molecular flexibility index (Phi) is 4.92. The first-order valence-electron chi connectivity index (χ1n) is 7.16. The number of thiazole rings is 1. The summed E-state index contributed by atoms with van der Waals surface area (Å²) in [5.41, 5.74) is 1.81. The molecule has 0 saturated heterocycles. The Morgan fingerprint density at radius 1 is 1.21 bits per heavy atom. The van der Waals surface area contributed by atoms with E-state index in [9.17, 15) is 9.59 Å². The van der Waals surface area contributed by atoms with Crippen LogP contribution >= 0.6 is 27.3 Å². The molecule has 24 heavy (non-hydrogen) atoms. The second-order valence-corrected chi connectivity index (χ2v) is 7.12. The van der Waals surface area contributed by atoms with Gasteiger partial charge < -0.3 is 10.4 Å². The van der Waals surface area contributed by atoms with Gasteiger partial charge >= 0.3 is 5.97 Å². The van der Waals surface area contributed by atoms with E-state index in [1.54, 1.807) is 18.2 Å². The van der Waals surface area contributed by atoms with Gasteiger partial charge in [0.2, 0.25) is 5.91 Å². The highest BCUT2D eigenvalue weighted by atomic mass is 79.9. The van der Waals surface area contributed by atoms with E-state index in [4.69, 9.17) is 5.11 Å². The van der Waals surface area contributed by atoms with Crippen LogP contribution in [0, 0.1) is 0 Å². The lowest BCUT2D eigenvalue weighted by Crippen LogP contribution is -2.24. The maximum atomic E-state index is 12.1. The van der Waals surface area contributed by atoms with E-state index in [0.29, 0.717) is 0 Å². The van der Waals surface area contributed by atoms with Crippen LogP contribution in [0.5, 0.6) is 0 Å². The Morgan fingerprint density at radius 2 is 2.00 bits per heavy atom. The van der Waals surface area contributed by atoms with Crippen LogP contribution in [-0.2, 0) is 17.8 Å². The topological polar surface area (TPSA) is 79.3 Å². The first-order valence-corrected chi connectivity index (χ1v) is 8.77. The maximum Gasteiger partial charge on any atom is 0.335 e. The van der Waals surface area contributed by atoms with E-state index in [1.165, 1.54) is 17.4 Å². The van der Waals surface area contributed by atoms with Gasteiger partial charge in [-0.15, -0.1) is 11.3 Å². The number of carbonyl (C=O) groups excluding carboxylic acids is 1. The van der Waals surface area contributed by atoms with E-state index in [0.717, 1.165) is 25.3 Å². The minimum atomic E-state index is -0.983. The molecule has 3 aromatic rings. The number of nitrogens with zero attached hydrogens (tertiary/aromatic N) is 1. The quantitative estimate of drug-likeness (QED) is 0.680. The summed E-state index contributed by atoms with van der Waals surface area (Å²) in [4.78, 5) is 27.5. The summed E-state index contributed by atoms with van der Waals surface area (Å²) in [6.45, 7) is 0.286. The third-order valence-electron chi connectivity index (χ3n) is 3.39. The molecule has 0 atom stereocenters. The number of fused-ring (bicyclic) bond motifs is 1. The molecule has 1 amide bonds. The van der Waals surface area contributed by atoms with Gasteiger partial charge in [-0.3, -0.25) is 4.79 Å². The van der Waals surface area contributed by atoms with Crippen molar-refractivity contribution in [2.24, 2.45) is 0 Å². The predicted molar refractivity (Wildman–Crippen MR) is 96.3 cm³/mol. The average molecular weight is 405 g/mol. The lowest BCUT2D eigenvalue weighted by Gasteiger charge is -2.05. The summed E-state index contributed by atoms with van der Waals surface area (Å²) in [5, 5.41) is 12.5. The first kappa shape index (κ1) is 16.6. The van der Waals surface area contributed by atoms with Crippen molar-refractivity contribution in [3.8, 4) is 0 Å². The Bertz CT molecular complexity index is 923. The molecule has 7 heteroatoms. The van der Waals surface area contributed by atoms with Crippen molar-refractivity contribution in [2.75, 3.05) is 0 Å². The van der Waals surface area contributed by atoms with Gasteiger partial charge in [0.1, 0.15) is 5.01 Å². The third-order valence-corrected chi connectivity index (χ3v) is 5.05. The van der Waals surface area contributed by atoms with Crippen molar-refractivity contribution in [3.63, 3.8) is 0 Å². The number of rotatable bonds is 5. The van der Waals surface area contributed by atoms with Crippen molar-refractivity contribution in [3.05, 3.63) is 63.1 Å². The molecule has 0 aliphatic carbocycles. The lowest BCUT2D eigenvalue weighted by atomic mass is 10.1. The summed E-state index contributed by atoms with van der Waals surface area (Å²) < 4.78 is 1.94. The van der Waals surface area contributed by atoms with Crippen LogP contribution in [0.25, 0.3) is 10.2 Å². The fraction of sp³-hybridized carbons (Fsp3) is 0.118. The molecule has 0 fully saturated rings. The Balaban J connectivity index is 1.64. The number of carbonyl (C=O) groups is 2. The molecule has 0 radical (unpaired) electrons. The SMILES string of the molecule is O=C(Cc1nc2c(Br)cccc2s1)NCc1cccc(C(=O)O)c1. The minimum Gasteiger partial charge on any atom is -0.478 e. The summed E-state index contributed by atoms with van der Waals surface area (Å²) >= 11 is 4.94. The first-order chi connectivity index (χ1) is 11.5. The number of hydrogen-bond donors (Lipinski definition) is 2. The van der Waals surface area contributed by atoms with Crippen LogP contribution in [0.4, 0.5) is 0 Å². The summed E-state index contributed by atoms with van der Waals surface area (Å²) in [5.74, 6) is -1.13. The highest BCUT2D eigenvalue weighted by Crippen LogP contribution is 2.28. The summed E-state index contributed by atoms with van der Waals surface area (Å²) in [6, 6.07) is 12.3. The van der Waals surface area contributed by atoms with E-state index in [2.05, 4.69) is 26.2 Å². The highest BCUT2D eigenvalue weighted by Gasteiger charge is 2.11. The number of nitrogens with one attached hydrogen (secondary N) is 1. The van der Waals surface area contributed by atoms with Gasteiger partial charge in [0.15, 0.2) is 0 Å². The fourth-order valence-electron chi connectivity index (χ4n) is 2.25. The number of para-hydroxylation sites is 1. The van der Waals surface area contributed by atoms with Gasteiger partial charge in [0, 0.05) is 11.0 Å². The monoisotopic (exact) mass is 404 g/mol. The van der Waals surface area contributed by atoms with E-state index in [1.807, 2.05) is 18.2 Å². The molecule has 0 aliphatic heterocycles. The van der Waals surface area contributed by atoms with Crippen molar-refractivity contribution in [1.82, 2.24) is 10.3 Å². The van der Waals surface area contributed by atoms with Gasteiger partial charge in [0.25, 0.3) is 0 Å². The molecule has 0 bridgehead atoms. The number of aromatic carboxylic acids is 1. The van der Waals surface area contributed by atoms with Crippen molar-refractivity contribution in [2.45, 2.75) is 13.0 Å². The molecule has 3 rings (SSSR count). The Labute approximate surface area is 150 Å². The number of hydrogen-bond acceptors (Lipinski definition) is 4. The number of benzene rings is 2. The fourth-order valence-corrected chi connectivity index (χ4v) is 3.83. The smallest absolute Gasteiger partial charge is 0.335 e. The highest BCUT2D eigenvalue weighted by molar-refractivity contribution is 9.10.